The molecule has 3 saturated heterocycles. The van der Waals surface area contributed by atoms with Gasteiger partial charge >= 0.3 is 0 Å². The highest BCUT2D eigenvalue weighted by molar-refractivity contribution is 5.95. The van der Waals surface area contributed by atoms with Gasteiger partial charge in [0.1, 0.15) is 12.1 Å². The second kappa shape index (κ2) is 21.6. The van der Waals surface area contributed by atoms with Gasteiger partial charge < -0.3 is 38.8 Å². The van der Waals surface area contributed by atoms with Crippen molar-refractivity contribution in [3.8, 4) is 11.3 Å². The topological polar surface area (TPSA) is 168 Å². The number of aromatic nitrogens is 2. The van der Waals surface area contributed by atoms with Crippen molar-refractivity contribution in [2.75, 3.05) is 71.5 Å². The lowest BCUT2D eigenvalue weighted by Gasteiger charge is -2.38. The first-order valence-corrected chi connectivity index (χ1v) is 22.7. The molecule has 2 N–H and O–H groups in total. The van der Waals surface area contributed by atoms with Crippen molar-refractivity contribution in [2.45, 2.75) is 98.1 Å². The number of nitrogens with zero attached hydrogens (tertiary/aromatic N) is 6. The summed E-state index contributed by atoms with van der Waals surface area (Å²) < 4.78 is 19.6. The molecule has 348 valence electrons. The van der Waals surface area contributed by atoms with Crippen LogP contribution >= 0.6 is 0 Å². The van der Waals surface area contributed by atoms with Crippen LogP contribution in [0.25, 0.3) is 22.2 Å². The predicted octanol–water partition coefficient (Wildman–Crippen LogP) is 4.34. The lowest BCUT2D eigenvalue weighted by molar-refractivity contribution is -0.146. The molecular weight excluding hydrogens is 817 g/mol. The van der Waals surface area contributed by atoms with Crippen LogP contribution in [0.5, 0.6) is 0 Å². The summed E-state index contributed by atoms with van der Waals surface area (Å²) >= 11 is 0. The normalized spacial score (nSPS) is 19.1. The molecule has 3 aliphatic rings. The average Bonchev–Trinajstić information content (AvgIpc) is 3.91. The maximum Gasteiger partial charge on any atom is 0.293 e. The number of rotatable bonds is 19. The molecule has 16 nitrogen and oxygen atoms in total. The molecule has 0 saturated carbocycles. The highest BCUT2D eigenvalue weighted by Crippen LogP contribution is 2.41. The second-order valence-electron chi connectivity index (χ2n) is 18.4. The van der Waals surface area contributed by atoms with Crippen LogP contribution in [0.15, 0.2) is 49.2 Å². The first kappa shape index (κ1) is 48.1. The monoisotopic (exact) mass is 885 g/mol. The van der Waals surface area contributed by atoms with Gasteiger partial charge in [-0.2, -0.15) is 0 Å². The molecule has 0 spiro atoms. The quantitative estimate of drug-likeness (QED) is 0.130. The van der Waals surface area contributed by atoms with E-state index < -0.39 is 30.0 Å². The van der Waals surface area contributed by atoms with Gasteiger partial charge in [-0.15, -0.1) is 0 Å². The maximum atomic E-state index is 14.4. The lowest BCUT2D eigenvalue weighted by atomic mass is 9.84. The van der Waals surface area contributed by atoms with Crippen LogP contribution in [-0.4, -0.2) is 139 Å². The number of hydrazine groups is 1. The third-order valence-corrected chi connectivity index (χ3v) is 12.8. The van der Waals surface area contributed by atoms with Crippen molar-refractivity contribution in [1.29, 1.82) is 0 Å². The van der Waals surface area contributed by atoms with Crippen LogP contribution in [0.2, 0.25) is 0 Å². The van der Waals surface area contributed by atoms with Gasteiger partial charge in [-0.05, 0) is 80.5 Å². The molecule has 16 heteroatoms. The number of likely N-dealkylation sites (N-methyl/N-ethyl adjacent to an activating group) is 1. The zero-order valence-electron chi connectivity index (χ0n) is 38.8. The van der Waals surface area contributed by atoms with Crippen molar-refractivity contribution in [3.63, 3.8) is 0 Å². The average molecular weight is 885 g/mol. The Balaban J connectivity index is 1.28. The number of nitrogens with one attached hydrogen (secondary N) is 2. The number of likely N-dealkylation sites (tertiary alicyclic amines) is 1. The standard InChI is InChI=1S/C48H68N8O8/c1-9-42(58)54-21-17-33(27-54)46(60)52(7)43(32(3)4)45(59)51-39(47(61)56-20-12-11-19-50-56)25-35-28-53(22-23-64-35)34-15-16-41-37(24-34)38(26-48(5,6)30-63-31-57)44(55(41)10-2)36-14-13-18-49-40(36)29-62-8/h9,13-16,18,24,31-33,35,39,43,50H,1,10-12,17,19-23,25-30H2,2-8H3,(H,51,59). The number of hydrogen-bond donors (Lipinski definition) is 2. The van der Waals surface area contributed by atoms with Crippen LogP contribution in [-0.2, 0) is 57.8 Å². The number of anilines is 1. The molecule has 0 bridgehead atoms. The van der Waals surface area contributed by atoms with Gasteiger partial charge in [-0.1, -0.05) is 34.3 Å². The lowest BCUT2D eigenvalue weighted by Crippen LogP contribution is -2.60. The molecule has 3 aliphatic heterocycles. The van der Waals surface area contributed by atoms with Crippen LogP contribution in [0.3, 0.4) is 0 Å². The van der Waals surface area contributed by atoms with Crippen LogP contribution < -0.4 is 15.6 Å². The molecule has 4 amide bonds. The summed E-state index contributed by atoms with van der Waals surface area (Å²) in [6.07, 6.45) is 5.75. The minimum absolute atomic E-state index is 0.213. The van der Waals surface area contributed by atoms with E-state index in [2.05, 4.69) is 71.8 Å². The van der Waals surface area contributed by atoms with Crippen molar-refractivity contribution in [2.24, 2.45) is 17.3 Å². The summed E-state index contributed by atoms with van der Waals surface area (Å²) in [5.41, 5.74) is 8.89. The number of methoxy groups -OCH3 is 1. The van der Waals surface area contributed by atoms with E-state index in [0.29, 0.717) is 71.8 Å². The number of fused-ring (bicyclic) bond motifs is 1. The van der Waals surface area contributed by atoms with Crippen molar-refractivity contribution in [1.82, 2.24) is 35.1 Å². The minimum Gasteiger partial charge on any atom is -0.467 e. The first-order valence-electron chi connectivity index (χ1n) is 22.7. The Morgan fingerprint density at radius 2 is 1.92 bits per heavy atom. The molecule has 1 aromatic carbocycles. The van der Waals surface area contributed by atoms with Crippen LogP contribution in [0, 0.1) is 17.3 Å². The van der Waals surface area contributed by atoms with Crippen LogP contribution in [0.1, 0.15) is 71.6 Å². The number of pyridine rings is 1. The second-order valence-corrected chi connectivity index (χ2v) is 18.4. The number of benzene rings is 1. The molecule has 0 aliphatic carbocycles. The first-order chi connectivity index (χ1) is 30.7. The largest absolute Gasteiger partial charge is 0.467 e. The fraction of sp³-hybridized carbons (Fsp3) is 0.583. The Morgan fingerprint density at radius 1 is 1.12 bits per heavy atom. The summed E-state index contributed by atoms with van der Waals surface area (Å²) in [4.78, 5) is 76.1. The highest BCUT2D eigenvalue weighted by Gasteiger charge is 2.40. The third kappa shape index (κ3) is 10.9. The maximum absolute atomic E-state index is 14.4. The molecule has 4 atom stereocenters. The summed E-state index contributed by atoms with van der Waals surface area (Å²) in [6, 6.07) is 8.77. The van der Waals surface area contributed by atoms with Gasteiger partial charge in [0.2, 0.25) is 17.7 Å². The van der Waals surface area contributed by atoms with Crippen LogP contribution in [0.4, 0.5) is 5.69 Å². The molecular formula is C48H68N8O8. The molecule has 2 aromatic heterocycles. The van der Waals surface area contributed by atoms with E-state index in [1.165, 1.54) is 11.0 Å². The van der Waals surface area contributed by atoms with Crippen molar-refractivity contribution in [3.05, 3.63) is 60.4 Å². The summed E-state index contributed by atoms with van der Waals surface area (Å²) in [5, 5.41) is 5.77. The zero-order valence-corrected chi connectivity index (χ0v) is 38.8. The Bertz CT molecular complexity index is 2150. The van der Waals surface area contributed by atoms with E-state index in [4.69, 9.17) is 19.2 Å². The number of ether oxygens (including phenoxy) is 3. The van der Waals surface area contributed by atoms with E-state index in [1.54, 1.807) is 30.3 Å². The highest BCUT2D eigenvalue weighted by atomic mass is 16.5. The summed E-state index contributed by atoms with van der Waals surface area (Å²) in [7, 11) is 3.29. The van der Waals surface area contributed by atoms with Gasteiger partial charge in [-0.25, -0.2) is 5.43 Å². The third-order valence-electron chi connectivity index (χ3n) is 12.8. The number of aryl methyl sites for hydroxylation is 1. The van der Waals surface area contributed by atoms with Gasteiger partial charge in [0.15, 0.2) is 0 Å². The number of carbonyl (C=O) groups is 5. The number of hydrogen-bond acceptors (Lipinski definition) is 11. The van der Waals surface area contributed by atoms with E-state index >= 15 is 0 Å². The summed E-state index contributed by atoms with van der Waals surface area (Å²) in [6.45, 7) is 18.9. The number of carbonyl (C=O) groups excluding carboxylic acids is 5. The number of amides is 4. The minimum atomic E-state index is -0.924. The molecule has 64 heavy (non-hydrogen) atoms. The van der Waals surface area contributed by atoms with Gasteiger partial charge in [0.05, 0.1) is 43.2 Å². The zero-order chi connectivity index (χ0) is 46.1. The fourth-order valence-electron chi connectivity index (χ4n) is 9.66. The predicted molar refractivity (Wildman–Crippen MR) is 245 cm³/mol. The van der Waals surface area contributed by atoms with Crippen molar-refractivity contribution < 1.29 is 38.2 Å². The molecule has 6 rings (SSSR count). The summed E-state index contributed by atoms with van der Waals surface area (Å²) in [5.74, 6) is -1.79. The van der Waals surface area contributed by atoms with Gasteiger partial charge in [0, 0.05) is 100 Å². The van der Waals surface area contributed by atoms with Crippen molar-refractivity contribution >= 4 is 46.7 Å². The smallest absolute Gasteiger partial charge is 0.293 e. The number of morpholine rings is 1. The molecule has 5 heterocycles. The Labute approximate surface area is 377 Å². The van der Waals surface area contributed by atoms with E-state index in [1.807, 2.05) is 19.9 Å². The van der Waals surface area contributed by atoms with E-state index in [9.17, 15) is 24.0 Å². The van der Waals surface area contributed by atoms with E-state index in [0.717, 1.165) is 51.9 Å². The Kier molecular flexibility index (Phi) is 16.2. The molecule has 4 unspecified atom stereocenters. The molecule has 3 fully saturated rings. The Morgan fingerprint density at radius 3 is 2.61 bits per heavy atom. The SMILES string of the molecule is C=CC(=O)N1CCC(C(=O)N(C)C(C(=O)NC(CC2CN(c3ccc4c(c3)c(CC(C)(C)COC=O)c(-c3cccnc3COC)n4CC)CCO2)C(=O)N2CCCCN2)C(C)C)C1. The molecule has 3 aromatic rings. The Hall–Kier alpha value is -5.32. The van der Waals surface area contributed by atoms with Gasteiger partial charge in [-0.3, -0.25) is 34.0 Å². The van der Waals surface area contributed by atoms with Gasteiger partial charge in [0.25, 0.3) is 12.4 Å². The van der Waals surface area contributed by atoms with E-state index in [-0.39, 0.29) is 48.6 Å². The molecule has 0 radical (unpaired) electrons. The fourth-order valence-corrected chi connectivity index (χ4v) is 9.66.